The van der Waals surface area contributed by atoms with Crippen molar-refractivity contribution in [2.75, 3.05) is 6.54 Å². The molecule has 4 rings (SSSR count). The largest absolute Gasteiger partial charge is 0.316 e. The number of fused-ring (bicyclic) bond motifs is 1. The molecular formula is C23H23N5O3. The second kappa shape index (κ2) is 8.53. The molecule has 0 fully saturated rings. The molecule has 1 aliphatic heterocycles. The van der Waals surface area contributed by atoms with Crippen LogP contribution in [0, 0.1) is 24.0 Å². The van der Waals surface area contributed by atoms with Crippen LogP contribution in [-0.2, 0) is 17.9 Å². The fourth-order valence-electron chi connectivity index (χ4n) is 3.76. The van der Waals surface area contributed by atoms with Crippen molar-refractivity contribution in [1.82, 2.24) is 14.9 Å². The third-order valence-electron chi connectivity index (χ3n) is 5.48. The lowest BCUT2D eigenvalue weighted by Gasteiger charge is -2.12. The highest BCUT2D eigenvalue weighted by molar-refractivity contribution is 5.82. The number of amides is 1. The Balaban J connectivity index is 1.35. The van der Waals surface area contributed by atoms with Gasteiger partial charge in [-0.1, -0.05) is 12.1 Å². The third kappa shape index (κ3) is 4.54. The number of rotatable bonds is 6. The van der Waals surface area contributed by atoms with Gasteiger partial charge in [0.05, 0.1) is 23.4 Å². The number of nitro groups is 1. The topological polar surface area (TPSA) is 92.8 Å². The van der Waals surface area contributed by atoms with Crippen LogP contribution in [0.15, 0.2) is 59.8 Å². The number of benzene rings is 2. The van der Waals surface area contributed by atoms with E-state index in [0.717, 1.165) is 24.5 Å². The Labute approximate surface area is 180 Å². The molecule has 0 atom stereocenters. The SMILES string of the molecule is Cc1cc2c(cc1C)CN(CC(=O)N/N=C/c1cccn1-c1ccc([N+](=O)[O-])cc1)C2. The normalized spacial score (nSPS) is 13.5. The predicted octanol–water partition coefficient (Wildman–Crippen LogP) is 3.47. The number of hydrogen-bond donors (Lipinski definition) is 1. The highest BCUT2D eigenvalue weighted by Crippen LogP contribution is 2.25. The van der Waals surface area contributed by atoms with E-state index < -0.39 is 4.92 Å². The van der Waals surface area contributed by atoms with Crippen LogP contribution < -0.4 is 5.43 Å². The van der Waals surface area contributed by atoms with Crippen molar-refractivity contribution >= 4 is 17.8 Å². The number of hydrogen-bond acceptors (Lipinski definition) is 5. The van der Waals surface area contributed by atoms with Crippen molar-refractivity contribution in [3.63, 3.8) is 0 Å². The van der Waals surface area contributed by atoms with E-state index in [2.05, 4.69) is 41.4 Å². The highest BCUT2D eigenvalue weighted by Gasteiger charge is 2.21. The van der Waals surface area contributed by atoms with E-state index in [4.69, 9.17) is 0 Å². The summed E-state index contributed by atoms with van der Waals surface area (Å²) >= 11 is 0. The molecule has 3 aromatic rings. The fourth-order valence-corrected chi connectivity index (χ4v) is 3.76. The first kappa shape index (κ1) is 20.5. The number of aromatic nitrogens is 1. The van der Waals surface area contributed by atoms with Crippen LogP contribution in [-0.4, -0.2) is 33.1 Å². The van der Waals surface area contributed by atoms with Gasteiger partial charge in [-0.3, -0.25) is 19.8 Å². The molecule has 31 heavy (non-hydrogen) atoms. The minimum atomic E-state index is -0.432. The summed E-state index contributed by atoms with van der Waals surface area (Å²) in [5, 5.41) is 14.9. The number of aryl methyl sites for hydroxylation is 2. The summed E-state index contributed by atoms with van der Waals surface area (Å²) in [6, 6.07) is 14.3. The van der Waals surface area contributed by atoms with Crippen LogP contribution in [0.4, 0.5) is 5.69 Å². The van der Waals surface area contributed by atoms with Crippen molar-refractivity contribution in [1.29, 1.82) is 0 Å². The zero-order valence-corrected chi connectivity index (χ0v) is 17.4. The van der Waals surface area contributed by atoms with Crippen molar-refractivity contribution < 1.29 is 9.72 Å². The van der Waals surface area contributed by atoms with E-state index >= 15 is 0 Å². The molecule has 158 valence electrons. The number of nitrogens with one attached hydrogen (secondary N) is 1. The number of carbonyl (C=O) groups excluding carboxylic acids is 1. The molecule has 2 heterocycles. The predicted molar refractivity (Wildman–Crippen MR) is 118 cm³/mol. The molecule has 1 N–H and O–H groups in total. The van der Waals surface area contributed by atoms with Crippen LogP contribution in [0.2, 0.25) is 0 Å². The summed E-state index contributed by atoms with van der Waals surface area (Å²) in [5.74, 6) is -0.175. The van der Waals surface area contributed by atoms with E-state index in [-0.39, 0.29) is 18.1 Å². The van der Waals surface area contributed by atoms with Gasteiger partial charge in [0.25, 0.3) is 11.6 Å². The van der Waals surface area contributed by atoms with Crippen molar-refractivity contribution in [2.45, 2.75) is 26.9 Å². The minimum Gasteiger partial charge on any atom is -0.316 e. The molecule has 0 saturated heterocycles. The number of non-ortho nitro benzene ring substituents is 1. The molecule has 1 aliphatic rings. The van der Waals surface area contributed by atoms with Gasteiger partial charge in [-0.05, 0) is 60.4 Å². The van der Waals surface area contributed by atoms with Crippen molar-refractivity contribution in [3.05, 3.63) is 92.8 Å². The molecule has 0 radical (unpaired) electrons. The molecule has 0 unspecified atom stereocenters. The Morgan fingerprint density at radius 1 is 1.13 bits per heavy atom. The van der Waals surface area contributed by atoms with E-state index in [1.54, 1.807) is 18.3 Å². The van der Waals surface area contributed by atoms with Gasteiger partial charge in [-0.2, -0.15) is 5.10 Å². The quantitative estimate of drug-likeness (QED) is 0.378. The monoisotopic (exact) mass is 417 g/mol. The van der Waals surface area contributed by atoms with Gasteiger partial charge < -0.3 is 4.57 Å². The van der Waals surface area contributed by atoms with E-state index in [1.807, 2.05) is 22.9 Å². The first-order valence-electron chi connectivity index (χ1n) is 9.96. The van der Waals surface area contributed by atoms with Gasteiger partial charge in [0.15, 0.2) is 0 Å². The summed E-state index contributed by atoms with van der Waals surface area (Å²) in [5.41, 5.74) is 9.23. The molecule has 2 aromatic carbocycles. The van der Waals surface area contributed by atoms with E-state index in [9.17, 15) is 14.9 Å². The Bertz CT molecular complexity index is 1130. The van der Waals surface area contributed by atoms with Gasteiger partial charge in [-0.15, -0.1) is 0 Å². The highest BCUT2D eigenvalue weighted by atomic mass is 16.6. The van der Waals surface area contributed by atoms with E-state index in [1.165, 1.54) is 34.4 Å². The maximum Gasteiger partial charge on any atom is 0.269 e. The fraction of sp³-hybridized carbons (Fsp3) is 0.217. The molecule has 8 heteroatoms. The average Bonchev–Trinajstić information content (AvgIpc) is 3.35. The van der Waals surface area contributed by atoms with Crippen molar-refractivity contribution in [2.24, 2.45) is 5.10 Å². The Kier molecular flexibility index (Phi) is 5.64. The lowest BCUT2D eigenvalue weighted by molar-refractivity contribution is -0.384. The maximum atomic E-state index is 12.3. The van der Waals surface area contributed by atoms with E-state index in [0.29, 0.717) is 0 Å². The van der Waals surface area contributed by atoms with Crippen LogP contribution in [0.25, 0.3) is 5.69 Å². The summed E-state index contributed by atoms with van der Waals surface area (Å²) in [6.07, 6.45) is 3.39. The lowest BCUT2D eigenvalue weighted by atomic mass is 10.0. The van der Waals surface area contributed by atoms with Gasteiger partial charge in [0.2, 0.25) is 0 Å². The maximum absolute atomic E-state index is 12.3. The minimum absolute atomic E-state index is 0.0350. The molecule has 1 aromatic heterocycles. The van der Waals surface area contributed by atoms with Gasteiger partial charge in [0, 0.05) is 37.1 Å². The second-order valence-electron chi connectivity index (χ2n) is 7.72. The third-order valence-corrected chi connectivity index (χ3v) is 5.48. The zero-order valence-electron chi connectivity index (χ0n) is 17.4. The Morgan fingerprint density at radius 2 is 1.77 bits per heavy atom. The molecule has 0 bridgehead atoms. The molecule has 0 aliphatic carbocycles. The molecular weight excluding hydrogens is 394 g/mol. The first-order valence-corrected chi connectivity index (χ1v) is 9.96. The molecule has 8 nitrogen and oxygen atoms in total. The van der Waals surface area contributed by atoms with Gasteiger partial charge in [-0.25, -0.2) is 5.43 Å². The standard InChI is InChI=1S/C23H23N5O3/c1-16-10-18-13-26(14-19(18)11-17(16)2)15-23(29)25-24-12-22-4-3-9-27(22)20-5-7-21(8-6-20)28(30)31/h3-12H,13-15H2,1-2H3,(H,25,29)/b24-12+. The number of nitrogens with zero attached hydrogens (tertiary/aromatic N) is 4. The first-order chi connectivity index (χ1) is 14.9. The lowest BCUT2D eigenvalue weighted by Crippen LogP contribution is -2.32. The molecule has 1 amide bonds. The van der Waals surface area contributed by atoms with Gasteiger partial charge >= 0.3 is 0 Å². The Morgan fingerprint density at radius 3 is 2.39 bits per heavy atom. The zero-order chi connectivity index (χ0) is 22.0. The van der Waals surface area contributed by atoms with Crippen LogP contribution in [0.5, 0.6) is 0 Å². The summed E-state index contributed by atoms with van der Waals surface area (Å²) in [4.78, 5) is 24.8. The Hall–Kier alpha value is -3.78. The second-order valence-corrected chi connectivity index (χ2v) is 7.72. The van der Waals surface area contributed by atoms with Crippen molar-refractivity contribution in [3.8, 4) is 5.69 Å². The molecule has 0 saturated carbocycles. The molecule has 0 spiro atoms. The average molecular weight is 417 g/mol. The van der Waals surface area contributed by atoms with Gasteiger partial charge in [0.1, 0.15) is 0 Å². The smallest absolute Gasteiger partial charge is 0.269 e. The summed E-state index contributed by atoms with van der Waals surface area (Å²) < 4.78 is 1.83. The number of hydrazone groups is 1. The number of nitro benzene ring substituents is 1. The van der Waals surface area contributed by atoms with Crippen LogP contribution >= 0.6 is 0 Å². The van der Waals surface area contributed by atoms with Crippen LogP contribution in [0.3, 0.4) is 0 Å². The number of carbonyl (C=O) groups is 1. The van der Waals surface area contributed by atoms with Crippen LogP contribution in [0.1, 0.15) is 27.9 Å². The summed E-state index contributed by atoms with van der Waals surface area (Å²) in [6.45, 7) is 6.00. The summed E-state index contributed by atoms with van der Waals surface area (Å²) in [7, 11) is 0.